The molecule has 2 N–H and O–H groups in total. The van der Waals surface area contributed by atoms with Crippen LogP contribution < -0.4 is 5.32 Å². The van der Waals surface area contributed by atoms with E-state index in [4.69, 9.17) is 0 Å². The quantitative estimate of drug-likeness (QED) is 0.869. The van der Waals surface area contributed by atoms with E-state index in [2.05, 4.69) is 29.3 Å². The highest BCUT2D eigenvalue weighted by atomic mass is 16.3. The molecule has 1 aromatic rings. The average molecular weight is 290 g/mol. The Kier molecular flexibility index (Phi) is 5.37. The second-order valence-electron chi connectivity index (χ2n) is 5.94. The molecule has 21 heavy (non-hydrogen) atoms. The van der Waals surface area contributed by atoms with Crippen LogP contribution in [0.5, 0.6) is 0 Å². The predicted octanol–water partition coefficient (Wildman–Crippen LogP) is 1.80. The summed E-state index contributed by atoms with van der Waals surface area (Å²) in [6, 6.07) is 8.18. The Labute approximate surface area is 127 Å². The minimum absolute atomic E-state index is 0.100. The molecule has 1 heterocycles. The molecule has 4 heteroatoms. The lowest BCUT2D eigenvalue weighted by Crippen LogP contribution is -2.45. The van der Waals surface area contributed by atoms with Crippen LogP contribution in [-0.2, 0) is 10.4 Å². The Hall–Kier alpha value is -1.39. The highest BCUT2D eigenvalue weighted by Crippen LogP contribution is 2.32. The van der Waals surface area contributed by atoms with Crippen LogP contribution in [0.25, 0.3) is 0 Å². The van der Waals surface area contributed by atoms with Crippen LogP contribution in [0.15, 0.2) is 24.3 Å². The zero-order valence-corrected chi connectivity index (χ0v) is 13.1. The van der Waals surface area contributed by atoms with Crippen molar-refractivity contribution >= 4 is 5.91 Å². The van der Waals surface area contributed by atoms with Crippen molar-refractivity contribution in [3.8, 4) is 0 Å². The van der Waals surface area contributed by atoms with Crippen LogP contribution in [-0.4, -0.2) is 42.1 Å². The maximum Gasteiger partial charge on any atom is 0.219 e. The maximum atomic E-state index is 11.2. The lowest BCUT2D eigenvalue weighted by molar-refractivity contribution is -0.120. The minimum atomic E-state index is -0.698. The number of hydrogen-bond donors (Lipinski definition) is 2. The molecule has 1 aliphatic heterocycles. The van der Waals surface area contributed by atoms with Gasteiger partial charge in [0.25, 0.3) is 0 Å². The Balaban J connectivity index is 1.82. The first kappa shape index (κ1) is 16.0. The predicted molar refractivity (Wildman–Crippen MR) is 84.1 cm³/mol. The number of nitrogens with zero attached hydrogens (tertiary/aromatic N) is 1. The molecule has 0 unspecified atom stereocenters. The Morgan fingerprint density at radius 3 is 2.48 bits per heavy atom. The van der Waals surface area contributed by atoms with Gasteiger partial charge in [0, 0.05) is 32.6 Å². The van der Waals surface area contributed by atoms with E-state index in [9.17, 15) is 9.90 Å². The SMILES string of the molecule is CCC(=O)NCCN1CCC(O)(c2ccc(C)cc2)CC1. The van der Waals surface area contributed by atoms with E-state index in [0.29, 0.717) is 13.0 Å². The number of amides is 1. The van der Waals surface area contributed by atoms with Gasteiger partial charge in [0.1, 0.15) is 0 Å². The number of hydrogen-bond acceptors (Lipinski definition) is 3. The summed E-state index contributed by atoms with van der Waals surface area (Å²) in [5.41, 5.74) is 1.54. The van der Waals surface area contributed by atoms with Crippen molar-refractivity contribution in [1.29, 1.82) is 0 Å². The normalized spacial score (nSPS) is 18.4. The number of aryl methyl sites for hydroxylation is 1. The van der Waals surface area contributed by atoms with Crippen molar-refractivity contribution in [3.63, 3.8) is 0 Å². The lowest BCUT2D eigenvalue weighted by Gasteiger charge is -2.38. The van der Waals surface area contributed by atoms with E-state index in [1.54, 1.807) is 0 Å². The van der Waals surface area contributed by atoms with Crippen LogP contribution in [0.3, 0.4) is 0 Å². The third-order valence-corrected chi connectivity index (χ3v) is 4.34. The summed E-state index contributed by atoms with van der Waals surface area (Å²) in [5, 5.41) is 13.7. The molecule has 0 aromatic heterocycles. The molecule has 1 fully saturated rings. The molecule has 1 saturated heterocycles. The second-order valence-corrected chi connectivity index (χ2v) is 5.94. The summed E-state index contributed by atoms with van der Waals surface area (Å²) in [4.78, 5) is 13.5. The average Bonchev–Trinajstić information content (AvgIpc) is 2.50. The summed E-state index contributed by atoms with van der Waals surface area (Å²) in [7, 11) is 0. The van der Waals surface area contributed by atoms with Gasteiger partial charge in [0.15, 0.2) is 0 Å². The van der Waals surface area contributed by atoms with Crippen molar-refractivity contribution in [1.82, 2.24) is 10.2 Å². The number of rotatable bonds is 5. The van der Waals surface area contributed by atoms with Crippen LogP contribution in [0.4, 0.5) is 0 Å². The van der Waals surface area contributed by atoms with Gasteiger partial charge in [-0.25, -0.2) is 0 Å². The number of aliphatic hydroxyl groups is 1. The van der Waals surface area contributed by atoms with Gasteiger partial charge in [-0.2, -0.15) is 0 Å². The Morgan fingerprint density at radius 2 is 1.90 bits per heavy atom. The van der Waals surface area contributed by atoms with Gasteiger partial charge in [-0.05, 0) is 25.3 Å². The van der Waals surface area contributed by atoms with Gasteiger partial charge >= 0.3 is 0 Å². The summed E-state index contributed by atoms with van der Waals surface area (Å²) < 4.78 is 0. The first-order valence-corrected chi connectivity index (χ1v) is 7.82. The number of likely N-dealkylation sites (tertiary alicyclic amines) is 1. The second kappa shape index (κ2) is 7.05. The van der Waals surface area contributed by atoms with Crippen molar-refractivity contribution in [2.75, 3.05) is 26.2 Å². The van der Waals surface area contributed by atoms with E-state index < -0.39 is 5.60 Å². The largest absolute Gasteiger partial charge is 0.385 e. The van der Waals surface area contributed by atoms with Crippen LogP contribution in [0.1, 0.15) is 37.3 Å². The molecule has 2 rings (SSSR count). The molecule has 0 radical (unpaired) electrons. The molecular formula is C17H26N2O2. The molecule has 1 aliphatic rings. The molecule has 0 aliphatic carbocycles. The van der Waals surface area contributed by atoms with E-state index >= 15 is 0 Å². The number of benzene rings is 1. The number of carbonyl (C=O) groups is 1. The molecule has 116 valence electrons. The van der Waals surface area contributed by atoms with Crippen molar-refractivity contribution in [2.45, 2.75) is 38.7 Å². The van der Waals surface area contributed by atoms with Gasteiger partial charge in [0.05, 0.1) is 5.60 Å². The molecule has 4 nitrogen and oxygen atoms in total. The zero-order valence-electron chi connectivity index (χ0n) is 13.1. The topological polar surface area (TPSA) is 52.6 Å². The van der Waals surface area contributed by atoms with Crippen LogP contribution in [0, 0.1) is 6.92 Å². The van der Waals surface area contributed by atoms with Crippen molar-refractivity contribution in [2.24, 2.45) is 0 Å². The van der Waals surface area contributed by atoms with E-state index in [0.717, 1.165) is 38.0 Å². The molecule has 0 saturated carbocycles. The Morgan fingerprint density at radius 1 is 1.29 bits per heavy atom. The number of carbonyl (C=O) groups excluding carboxylic acids is 1. The summed E-state index contributed by atoms with van der Waals surface area (Å²) in [5.74, 6) is 0.100. The minimum Gasteiger partial charge on any atom is -0.385 e. The zero-order chi connectivity index (χ0) is 15.3. The number of piperidine rings is 1. The summed E-state index contributed by atoms with van der Waals surface area (Å²) >= 11 is 0. The summed E-state index contributed by atoms with van der Waals surface area (Å²) in [6.45, 7) is 7.20. The van der Waals surface area contributed by atoms with E-state index in [1.165, 1.54) is 5.56 Å². The van der Waals surface area contributed by atoms with Crippen molar-refractivity contribution in [3.05, 3.63) is 35.4 Å². The third kappa shape index (κ3) is 4.29. The van der Waals surface area contributed by atoms with Gasteiger partial charge in [0.2, 0.25) is 5.91 Å². The van der Waals surface area contributed by atoms with Crippen molar-refractivity contribution < 1.29 is 9.90 Å². The van der Waals surface area contributed by atoms with Gasteiger partial charge in [-0.1, -0.05) is 36.8 Å². The molecule has 0 bridgehead atoms. The number of nitrogens with one attached hydrogen (secondary N) is 1. The Bertz CT molecular complexity index is 462. The molecule has 0 spiro atoms. The maximum absolute atomic E-state index is 11.2. The molecule has 0 atom stereocenters. The fourth-order valence-electron chi connectivity index (χ4n) is 2.78. The van der Waals surface area contributed by atoms with Crippen LogP contribution >= 0.6 is 0 Å². The molecule has 1 aromatic carbocycles. The standard InChI is InChI=1S/C17H26N2O2/c1-3-16(20)18-10-13-19-11-8-17(21,9-12-19)15-6-4-14(2)5-7-15/h4-7,21H,3,8-13H2,1-2H3,(H,18,20). The van der Waals surface area contributed by atoms with Gasteiger partial charge < -0.3 is 15.3 Å². The highest BCUT2D eigenvalue weighted by Gasteiger charge is 2.33. The summed E-state index contributed by atoms with van der Waals surface area (Å²) in [6.07, 6.45) is 2.03. The lowest BCUT2D eigenvalue weighted by atomic mass is 9.84. The van der Waals surface area contributed by atoms with E-state index in [1.807, 2.05) is 19.1 Å². The smallest absolute Gasteiger partial charge is 0.219 e. The third-order valence-electron chi connectivity index (χ3n) is 4.34. The first-order valence-electron chi connectivity index (χ1n) is 7.82. The highest BCUT2D eigenvalue weighted by molar-refractivity contribution is 5.75. The van der Waals surface area contributed by atoms with Crippen LogP contribution in [0.2, 0.25) is 0 Å². The fraction of sp³-hybridized carbons (Fsp3) is 0.588. The van der Waals surface area contributed by atoms with Gasteiger partial charge in [-0.15, -0.1) is 0 Å². The monoisotopic (exact) mass is 290 g/mol. The fourth-order valence-corrected chi connectivity index (χ4v) is 2.78. The molecular weight excluding hydrogens is 264 g/mol. The first-order chi connectivity index (χ1) is 10.0. The van der Waals surface area contributed by atoms with Gasteiger partial charge in [-0.3, -0.25) is 4.79 Å². The van der Waals surface area contributed by atoms with E-state index in [-0.39, 0.29) is 5.91 Å². The molecule has 1 amide bonds.